The van der Waals surface area contributed by atoms with Gasteiger partial charge in [0.15, 0.2) is 0 Å². The van der Waals surface area contributed by atoms with Gasteiger partial charge < -0.3 is 20.5 Å². The molecule has 2 aromatic carbocycles. The van der Waals surface area contributed by atoms with Crippen LogP contribution in [-0.2, 0) is 9.59 Å². The van der Waals surface area contributed by atoms with Crippen LogP contribution >= 0.6 is 0 Å². The van der Waals surface area contributed by atoms with Crippen molar-refractivity contribution in [2.24, 2.45) is 0 Å². The lowest BCUT2D eigenvalue weighted by atomic mass is 10.1. The molecular weight excluding hydrogens is 372 g/mol. The summed E-state index contributed by atoms with van der Waals surface area (Å²) in [5.41, 5.74) is 0.857. The number of rotatable bonds is 9. The average molecular weight is 392 g/mol. The van der Waals surface area contributed by atoms with E-state index in [0.29, 0.717) is 22.6 Å². The SMILES string of the molecule is C=CC(=C)Oc1ccc(C=C(NC(=O)c2ccccc2)C(=O)NCC(=O)O)cc1. The molecule has 7 nitrogen and oxygen atoms in total. The van der Waals surface area contributed by atoms with E-state index in [1.807, 2.05) is 0 Å². The zero-order valence-corrected chi connectivity index (χ0v) is 15.6. The Labute approximate surface area is 168 Å². The molecule has 2 rings (SSSR count). The number of aliphatic carboxylic acids is 1. The molecule has 2 aromatic rings. The molecule has 0 saturated carbocycles. The average Bonchev–Trinajstić information content (AvgIpc) is 2.73. The predicted octanol–water partition coefficient (Wildman–Crippen LogP) is 2.74. The Morgan fingerprint density at radius 1 is 1.03 bits per heavy atom. The molecule has 0 unspecified atom stereocenters. The largest absolute Gasteiger partial charge is 0.480 e. The molecule has 2 amide bonds. The highest BCUT2D eigenvalue weighted by atomic mass is 16.5. The van der Waals surface area contributed by atoms with Gasteiger partial charge in [-0.1, -0.05) is 43.5 Å². The van der Waals surface area contributed by atoms with Crippen LogP contribution in [-0.4, -0.2) is 29.4 Å². The van der Waals surface area contributed by atoms with E-state index in [2.05, 4.69) is 23.8 Å². The fourth-order valence-corrected chi connectivity index (χ4v) is 2.19. The van der Waals surface area contributed by atoms with Crippen molar-refractivity contribution in [2.75, 3.05) is 6.54 Å². The Morgan fingerprint density at radius 3 is 2.28 bits per heavy atom. The first-order valence-corrected chi connectivity index (χ1v) is 8.56. The van der Waals surface area contributed by atoms with Crippen LogP contribution < -0.4 is 15.4 Å². The van der Waals surface area contributed by atoms with Crippen LogP contribution in [0, 0.1) is 0 Å². The van der Waals surface area contributed by atoms with Crippen molar-refractivity contribution < 1.29 is 24.2 Å². The highest BCUT2D eigenvalue weighted by Crippen LogP contribution is 2.16. The molecule has 3 N–H and O–H groups in total. The third-order valence-corrected chi connectivity index (χ3v) is 3.60. The summed E-state index contributed by atoms with van der Waals surface area (Å²) in [6.07, 6.45) is 2.90. The first-order chi connectivity index (χ1) is 13.9. The van der Waals surface area contributed by atoms with E-state index < -0.39 is 24.3 Å². The van der Waals surface area contributed by atoms with E-state index >= 15 is 0 Å². The van der Waals surface area contributed by atoms with Crippen molar-refractivity contribution in [3.05, 3.63) is 96.4 Å². The van der Waals surface area contributed by atoms with Crippen molar-refractivity contribution in [3.63, 3.8) is 0 Å². The Bertz CT molecular complexity index is 947. The Hall–Kier alpha value is -4.13. The minimum absolute atomic E-state index is 0.0933. The minimum atomic E-state index is -1.20. The molecule has 0 radical (unpaired) electrons. The van der Waals surface area contributed by atoms with Crippen LogP contribution in [0.1, 0.15) is 15.9 Å². The number of hydrogen-bond acceptors (Lipinski definition) is 4. The first-order valence-electron chi connectivity index (χ1n) is 8.56. The van der Waals surface area contributed by atoms with Gasteiger partial charge in [-0.05, 0) is 42.0 Å². The Balaban J connectivity index is 2.24. The van der Waals surface area contributed by atoms with E-state index in [4.69, 9.17) is 9.84 Å². The summed E-state index contributed by atoms with van der Waals surface area (Å²) in [6.45, 7) is 6.64. The summed E-state index contributed by atoms with van der Waals surface area (Å²) in [5, 5.41) is 13.5. The number of hydrogen-bond donors (Lipinski definition) is 3. The normalized spacial score (nSPS) is 10.6. The molecule has 0 atom stereocenters. The summed E-state index contributed by atoms with van der Waals surface area (Å²) in [7, 11) is 0. The minimum Gasteiger partial charge on any atom is -0.480 e. The van der Waals surface area contributed by atoms with Crippen LogP contribution in [0.4, 0.5) is 0 Å². The lowest BCUT2D eigenvalue weighted by Crippen LogP contribution is -2.37. The molecule has 148 valence electrons. The molecule has 0 fully saturated rings. The monoisotopic (exact) mass is 392 g/mol. The fourth-order valence-electron chi connectivity index (χ4n) is 2.19. The maximum absolute atomic E-state index is 12.4. The summed E-state index contributed by atoms with van der Waals surface area (Å²) in [6, 6.07) is 15.0. The second-order valence-corrected chi connectivity index (χ2v) is 5.80. The Kier molecular flexibility index (Phi) is 7.50. The van der Waals surface area contributed by atoms with Gasteiger partial charge in [0.25, 0.3) is 11.8 Å². The van der Waals surface area contributed by atoms with Crippen LogP contribution in [0.3, 0.4) is 0 Å². The number of carboxylic acid groups (broad SMARTS) is 1. The topological polar surface area (TPSA) is 105 Å². The van der Waals surface area contributed by atoms with Gasteiger partial charge in [0.1, 0.15) is 23.8 Å². The molecular formula is C22H20N2O5. The van der Waals surface area contributed by atoms with Gasteiger partial charge in [0.2, 0.25) is 0 Å². The van der Waals surface area contributed by atoms with E-state index in [-0.39, 0.29) is 5.70 Å². The highest BCUT2D eigenvalue weighted by Gasteiger charge is 2.15. The third-order valence-electron chi connectivity index (χ3n) is 3.60. The third kappa shape index (κ3) is 6.84. The molecule has 0 spiro atoms. The van der Waals surface area contributed by atoms with Gasteiger partial charge in [-0.2, -0.15) is 0 Å². The summed E-state index contributed by atoms with van der Waals surface area (Å²) in [4.78, 5) is 35.5. The lowest BCUT2D eigenvalue weighted by Gasteiger charge is -2.11. The van der Waals surface area contributed by atoms with Crippen LogP contribution in [0.15, 0.2) is 85.3 Å². The molecule has 0 aromatic heterocycles. The van der Waals surface area contributed by atoms with Gasteiger partial charge >= 0.3 is 5.97 Å². The quantitative estimate of drug-likeness (QED) is 0.346. The van der Waals surface area contributed by atoms with Gasteiger partial charge in [-0.15, -0.1) is 0 Å². The summed E-state index contributed by atoms with van der Waals surface area (Å²) in [5.74, 6) is -1.51. The van der Waals surface area contributed by atoms with Crippen molar-refractivity contribution in [1.82, 2.24) is 10.6 Å². The maximum atomic E-state index is 12.4. The second kappa shape index (κ2) is 10.3. The smallest absolute Gasteiger partial charge is 0.322 e. The van der Waals surface area contributed by atoms with E-state index in [1.54, 1.807) is 54.6 Å². The molecule has 0 aliphatic rings. The number of carbonyl (C=O) groups excluding carboxylic acids is 2. The lowest BCUT2D eigenvalue weighted by molar-refractivity contribution is -0.137. The summed E-state index contributed by atoms with van der Waals surface area (Å²) < 4.78 is 5.41. The van der Waals surface area contributed by atoms with Crippen molar-refractivity contribution in [2.45, 2.75) is 0 Å². The summed E-state index contributed by atoms with van der Waals surface area (Å²) >= 11 is 0. The van der Waals surface area contributed by atoms with Crippen LogP contribution in [0.2, 0.25) is 0 Å². The molecule has 0 bridgehead atoms. The van der Waals surface area contributed by atoms with E-state index in [0.717, 1.165) is 0 Å². The van der Waals surface area contributed by atoms with Crippen molar-refractivity contribution in [3.8, 4) is 5.75 Å². The maximum Gasteiger partial charge on any atom is 0.322 e. The second-order valence-electron chi connectivity index (χ2n) is 5.80. The van der Waals surface area contributed by atoms with Crippen LogP contribution in [0.5, 0.6) is 5.75 Å². The fraction of sp³-hybridized carbons (Fsp3) is 0.0455. The molecule has 7 heteroatoms. The number of allylic oxidation sites excluding steroid dienone is 1. The zero-order valence-electron chi connectivity index (χ0n) is 15.6. The molecule has 0 heterocycles. The number of benzene rings is 2. The highest BCUT2D eigenvalue weighted by molar-refractivity contribution is 6.05. The van der Waals surface area contributed by atoms with Gasteiger partial charge in [0.05, 0.1) is 0 Å². The van der Waals surface area contributed by atoms with E-state index in [1.165, 1.54) is 12.2 Å². The molecule has 0 saturated heterocycles. The van der Waals surface area contributed by atoms with Crippen molar-refractivity contribution in [1.29, 1.82) is 0 Å². The number of nitrogens with one attached hydrogen (secondary N) is 2. The standard InChI is InChI=1S/C22H20N2O5/c1-3-15(2)29-18-11-9-16(10-12-18)13-19(22(28)23-14-20(25)26)24-21(27)17-7-5-4-6-8-17/h3-13H,1-2,14H2,(H,23,28)(H,24,27)(H,25,26). The molecule has 0 aliphatic heterocycles. The number of amides is 2. The van der Waals surface area contributed by atoms with E-state index in [9.17, 15) is 14.4 Å². The molecule has 29 heavy (non-hydrogen) atoms. The van der Waals surface area contributed by atoms with Crippen molar-refractivity contribution >= 4 is 23.9 Å². The number of carboxylic acids is 1. The van der Waals surface area contributed by atoms with Gasteiger partial charge in [-0.3, -0.25) is 14.4 Å². The number of ether oxygens (including phenoxy) is 1. The van der Waals surface area contributed by atoms with Crippen LogP contribution in [0.25, 0.3) is 6.08 Å². The predicted molar refractivity (Wildman–Crippen MR) is 109 cm³/mol. The van der Waals surface area contributed by atoms with Gasteiger partial charge in [0, 0.05) is 5.56 Å². The number of carbonyl (C=O) groups is 3. The Morgan fingerprint density at radius 2 is 1.69 bits per heavy atom. The molecule has 0 aliphatic carbocycles. The zero-order chi connectivity index (χ0) is 21.2. The van der Waals surface area contributed by atoms with Gasteiger partial charge in [-0.25, -0.2) is 0 Å². The first kappa shape index (κ1) is 21.2.